The number of nitrogens with zero attached hydrogens (tertiary/aromatic N) is 2. The van der Waals surface area contributed by atoms with E-state index in [4.69, 9.17) is 5.73 Å². The molecule has 0 saturated carbocycles. The van der Waals surface area contributed by atoms with E-state index in [1.165, 1.54) is 0 Å². The molecule has 2 aromatic rings. The molecule has 2 aromatic heterocycles. The van der Waals surface area contributed by atoms with Crippen LogP contribution in [0.2, 0.25) is 0 Å². The van der Waals surface area contributed by atoms with Gasteiger partial charge >= 0.3 is 0 Å². The zero-order valence-electron chi connectivity index (χ0n) is 10.9. The maximum absolute atomic E-state index is 5.63. The number of anilines is 1. The van der Waals surface area contributed by atoms with Gasteiger partial charge in [0.2, 0.25) is 0 Å². The van der Waals surface area contributed by atoms with Crippen LogP contribution < -0.4 is 16.2 Å². The van der Waals surface area contributed by atoms with Crippen molar-refractivity contribution in [3.63, 3.8) is 0 Å². The maximum atomic E-state index is 5.63. The van der Waals surface area contributed by atoms with E-state index in [-0.39, 0.29) is 0 Å². The van der Waals surface area contributed by atoms with Crippen LogP contribution in [0.25, 0.3) is 11.1 Å². The lowest BCUT2D eigenvalue weighted by Gasteiger charge is -2.01. The quantitative estimate of drug-likeness (QED) is 0.860. The number of hydrogen-bond donors (Lipinski definition) is 2. The molecule has 3 N–H and O–H groups in total. The number of nitrogen functional groups attached to an aromatic ring is 1. The van der Waals surface area contributed by atoms with Gasteiger partial charge in [-0.1, -0.05) is 25.3 Å². The van der Waals surface area contributed by atoms with Gasteiger partial charge in [-0.25, -0.2) is 4.98 Å². The fraction of sp³-hybridized carbons (Fsp3) is 0.0667. The Kier molecular flexibility index (Phi) is 3.61. The van der Waals surface area contributed by atoms with Crippen LogP contribution in [0.1, 0.15) is 12.6 Å². The molecule has 0 aromatic carbocycles. The lowest BCUT2D eigenvalue weighted by Crippen LogP contribution is -2.29. The number of aromatic nitrogens is 3. The Morgan fingerprint density at radius 1 is 1.26 bits per heavy atom. The van der Waals surface area contributed by atoms with Crippen LogP contribution in [0, 0.1) is 0 Å². The second-order valence-corrected chi connectivity index (χ2v) is 4.11. The predicted octanol–water partition coefficient (Wildman–Crippen LogP) is 1.13. The van der Waals surface area contributed by atoms with Crippen LogP contribution in [0.4, 0.5) is 5.95 Å². The smallest absolute Gasteiger partial charge is 0.197 e. The largest absolute Gasteiger partial charge is 0.369 e. The molecule has 0 saturated heterocycles. The summed E-state index contributed by atoms with van der Waals surface area (Å²) < 4.78 is 0. The van der Waals surface area contributed by atoms with Crippen molar-refractivity contribution in [1.82, 2.24) is 15.0 Å². The van der Waals surface area contributed by atoms with E-state index in [2.05, 4.69) is 28.1 Å². The van der Waals surface area contributed by atoms with Crippen molar-refractivity contribution in [3.05, 3.63) is 66.1 Å². The Balaban J connectivity index is 2.91. The first-order chi connectivity index (χ1) is 9.17. The zero-order chi connectivity index (χ0) is 13.8. The Hall–Kier alpha value is -2.62. The van der Waals surface area contributed by atoms with Gasteiger partial charge in [-0.05, 0) is 23.8 Å². The minimum Gasteiger partial charge on any atom is -0.369 e. The highest BCUT2D eigenvalue weighted by Crippen LogP contribution is 2.09. The molecule has 96 valence electrons. The second-order valence-electron chi connectivity index (χ2n) is 4.11. The van der Waals surface area contributed by atoms with Crippen LogP contribution in [-0.2, 0) is 0 Å². The summed E-state index contributed by atoms with van der Waals surface area (Å²) in [4.78, 5) is 11.2. The summed E-state index contributed by atoms with van der Waals surface area (Å²) >= 11 is 0. The molecule has 19 heavy (non-hydrogen) atoms. The van der Waals surface area contributed by atoms with E-state index in [1.807, 2.05) is 25.3 Å². The number of hydrogen-bond acceptors (Lipinski definition) is 3. The first-order valence-electron chi connectivity index (χ1n) is 5.88. The van der Waals surface area contributed by atoms with Crippen LogP contribution >= 0.6 is 0 Å². The summed E-state index contributed by atoms with van der Waals surface area (Å²) in [6, 6.07) is 1.94. The molecule has 2 heterocycles. The van der Waals surface area contributed by atoms with Gasteiger partial charge in [-0.15, -0.1) is 0 Å². The molecule has 0 aliphatic heterocycles. The van der Waals surface area contributed by atoms with Crippen LogP contribution in [0.15, 0.2) is 50.0 Å². The van der Waals surface area contributed by atoms with Gasteiger partial charge in [-0.2, -0.15) is 0 Å². The minimum absolute atomic E-state index is 0.384. The lowest BCUT2D eigenvalue weighted by atomic mass is 10.1. The van der Waals surface area contributed by atoms with Gasteiger partial charge in [0.15, 0.2) is 5.95 Å². The molecule has 2 rings (SSSR count). The Bertz CT molecular complexity index is 738. The first kappa shape index (κ1) is 12.8. The highest BCUT2D eigenvalue weighted by atomic mass is 15.0. The molecule has 0 aliphatic rings. The van der Waals surface area contributed by atoms with Crippen molar-refractivity contribution >= 4 is 17.1 Å². The zero-order valence-corrected chi connectivity index (χ0v) is 10.9. The summed E-state index contributed by atoms with van der Waals surface area (Å²) in [5.41, 5.74) is 8.44. The molecule has 0 aliphatic carbocycles. The highest BCUT2D eigenvalue weighted by molar-refractivity contribution is 5.72. The topological polar surface area (TPSA) is 67.6 Å². The average molecular weight is 252 g/mol. The molecule has 4 nitrogen and oxygen atoms in total. The van der Waals surface area contributed by atoms with Gasteiger partial charge in [0.05, 0.1) is 11.9 Å². The Morgan fingerprint density at radius 2 is 2.05 bits per heavy atom. The van der Waals surface area contributed by atoms with Crippen molar-refractivity contribution in [2.45, 2.75) is 6.92 Å². The normalized spacial score (nSPS) is 13.7. The monoisotopic (exact) mass is 252 g/mol. The first-order valence-corrected chi connectivity index (χ1v) is 5.88. The van der Waals surface area contributed by atoms with Gasteiger partial charge < -0.3 is 10.7 Å². The summed E-state index contributed by atoms with van der Waals surface area (Å²) in [5, 5.41) is 2.03. The molecule has 0 bridgehead atoms. The standard InChI is InChI=1S/C15H16N4/c1-4-10(3)13-8-17-7-6-12(13)11(5-2)14-9-18-15(16)19-14/h4-9H,1-2H2,3H3,(H3,16,18,19)/b12-11+,13-10-. The van der Waals surface area contributed by atoms with Crippen molar-refractivity contribution in [2.24, 2.45) is 0 Å². The molecule has 4 heteroatoms. The maximum Gasteiger partial charge on any atom is 0.197 e. The van der Waals surface area contributed by atoms with E-state index < -0.39 is 0 Å². The minimum atomic E-state index is 0.384. The lowest BCUT2D eigenvalue weighted by molar-refractivity contribution is 1.25. The number of rotatable bonds is 3. The SMILES string of the molecule is C=C/C(C)=c1/cncc/c1=C(/C=C)c1cnc(N)[nH]1. The molecular weight excluding hydrogens is 236 g/mol. The van der Waals surface area contributed by atoms with E-state index in [0.29, 0.717) is 5.95 Å². The second kappa shape index (κ2) is 5.35. The van der Waals surface area contributed by atoms with Crippen molar-refractivity contribution in [3.8, 4) is 0 Å². The van der Waals surface area contributed by atoms with E-state index >= 15 is 0 Å². The van der Waals surface area contributed by atoms with E-state index in [0.717, 1.165) is 27.3 Å². The molecule has 0 spiro atoms. The molecular formula is C15H16N4. The summed E-state index contributed by atoms with van der Waals surface area (Å²) in [5.74, 6) is 0.384. The number of H-pyrrole nitrogens is 1. The van der Waals surface area contributed by atoms with Crippen molar-refractivity contribution < 1.29 is 0 Å². The Labute approximate surface area is 111 Å². The van der Waals surface area contributed by atoms with Crippen LogP contribution in [0.5, 0.6) is 0 Å². The van der Waals surface area contributed by atoms with Crippen molar-refractivity contribution in [2.75, 3.05) is 5.73 Å². The van der Waals surface area contributed by atoms with Gasteiger partial charge in [0.25, 0.3) is 0 Å². The average Bonchev–Trinajstić information content (AvgIpc) is 2.86. The fourth-order valence-corrected chi connectivity index (χ4v) is 1.89. The number of imidazole rings is 1. The third-order valence-electron chi connectivity index (χ3n) is 2.93. The summed E-state index contributed by atoms with van der Waals surface area (Å²) in [7, 11) is 0. The molecule has 0 fully saturated rings. The highest BCUT2D eigenvalue weighted by Gasteiger charge is 2.03. The summed E-state index contributed by atoms with van der Waals surface area (Å²) in [6.45, 7) is 9.66. The van der Waals surface area contributed by atoms with E-state index in [9.17, 15) is 0 Å². The van der Waals surface area contributed by atoms with Crippen molar-refractivity contribution in [1.29, 1.82) is 0 Å². The third-order valence-corrected chi connectivity index (χ3v) is 2.93. The number of aromatic amines is 1. The Morgan fingerprint density at radius 3 is 2.63 bits per heavy atom. The molecule has 0 amide bonds. The number of nitrogens with two attached hydrogens (primary N) is 1. The number of nitrogens with one attached hydrogen (secondary N) is 1. The van der Waals surface area contributed by atoms with Crippen LogP contribution in [-0.4, -0.2) is 15.0 Å². The summed E-state index contributed by atoms with van der Waals surface area (Å²) in [6.07, 6.45) is 8.85. The van der Waals surface area contributed by atoms with Gasteiger partial charge in [-0.3, -0.25) is 4.98 Å². The molecule has 0 unspecified atom stereocenters. The van der Waals surface area contributed by atoms with E-state index in [1.54, 1.807) is 18.5 Å². The molecule has 0 atom stereocenters. The third kappa shape index (κ3) is 2.47. The van der Waals surface area contributed by atoms with Crippen LogP contribution in [0.3, 0.4) is 0 Å². The fourth-order valence-electron chi connectivity index (χ4n) is 1.89. The van der Waals surface area contributed by atoms with Gasteiger partial charge in [0, 0.05) is 23.2 Å². The molecule has 0 radical (unpaired) electrons. The predicted molar refractivity (Wildman–Crippen MR) is 78.5 cm³/mol. The number of allylic oxidation sites excluding steroid dienone is 2. The number of pyridine rings is 1. The van der Waals surface area contributed by atoms with Gasteiger partial charge in [0.1, 0.15) is 0 Å².